The van der Waals surface area contributed by atoms with Crippen molar-refractivity contribution in [1.82, 2.24) is 10.2 Å². The van der Waals surface area contributed by atoms with Gasteiger partial charge in [-0.15, -0.1) is 0 Å². The van der Waals surface area contributed by atoms with Crippen LogP contribution in [0.2, 0.25) is 0 Å². The van der Waals surface area contributed by atoms with E-state index in [9.17, 15) is 9.59 Å². The van der Waals surface area contributed by atoms with Crippen LogP contribution in [-0.4, -0.2) is 55.7 Å². The maximum Gasteiger partial charge on any atom is 2.00 e. The fourth-order valence-electron chi connectivity index (χ4n) is 2.53. The van der Waals surface area contributed by atoms with Crippen molar-refractivity contribution in [1.29, 1.82) is 0 Å². The van der Waals surface area contributed by atoms with Gasteiger partial charge in [0.15, 0.2) is 0 Å². The van der Waals surface area contributed by atoms with Gasteiger partial charge in [0.2, 0.25) is 12.3 Å². The number of hydrogen-bond acceptors (Lipinski definition) is 4. The first-order valence-electron chi connectivity index (χ1n) is 8.11. The first-order valence-corrected chi connectivity index (χ1v) is 8.11. The van der Waals surface area contributed by atoms with E-state index in [0.29, 0.717) is 19.2 Å². The fraction of sp³-hybridized carbons (Fsp3) is 0.765. The van der Waals surface area contributed by atoms with E-state index in [1.165, 1.54) is 6.42 Å². The zero-order valence-electron chi connectivity index (χ0n) is 15.3. The topological polar surface area (TPSA) is 67.9 Å². The SMILES string of the molecule is CC1CC[CH-]O1.CCC(CNC(=O)C1CCCN1C=O)OC.[CH3-].[W+2]. The molecule has 2 amide bonds. The Hall–Kier alpha value is -0.452. The van der Waals surface area contributed by atoms with Gasteiger partial charge in [-0.2, -0.15) is 6.42 Å². The zero-order chi connectivity index (χ0) is 16.4. The second-order valence-electron chi connectivity index (χ2n) is 5.70. The van der Waals surface area contributed by atoms with E-state index in [-0.39, 0.29) is 46.5 Å². The number of amides is 2. The molecule has 0 aromatic heterocycles. The molecule has 0 spiro atoms. The van der Waals surface area contributed by atoms with Crippen molar-refractivity contribution >= 4 is 12.3 Å². The van der Waals surface area contributed by atoms with E-state index in [1.54, 1.807) is 12.0 Å². The second kappa shape index (κ2) is 14.9. The molecule has 0 aliphatic carbocycles. The first-order chi connectivity index (χ1) is 10.6. The summed E-state index contributed by atoms with van der Waals surface area (Å²) in [5.41, 5.74) is 0. The van der Waals surface area contributed by atoms with Gasteiger partial charge in [-0.05, 0) is 26.2 Å². The summed E-state index contributed by atoms with van der Waals surface area (Å²) in [6.45, 7) is 7.17. The molecule has 140 valence electrons. The second-order valence-corrected chi connectivity index (χ2v) is 5.70. The van der Waals surface area contributed by atoms with Gasteiger partial charge < -0.3 is 27.1 Å². The van der Waals surface area contributed by atoms with Gasteiger partial charge in [0.25, 0.3) is 0 Å². The normalized spacial score (nSPS) is 23.2. The summed E-state index contributed by atoms with van der Waals surface area (Å²) in [6.07, 6.45) is 6.16. The van der Waals surface area contributed by atoms with E-state index in [1.807, 2.05) is 13.5 Å². The third-order valence-corrected chi connectivity index (χ3v) is 4.04. The molecule has 2 aliphatic rings. The van der Waals surface area contributed by atoms with E-state index >= 15 is 0 Å². The maximum atomic E-state index is 11.8. The van der Waals surface area contributed by atoms with Gasteiger partial charge in [-0.25, -0.2) is 6.61 Å². The molecule has 0 aromatic carbocycles. The van der Waals surface area contributed by atoms with E-state index < -0.39 is 0 Å². The first kappa shape index (κ1) is 25.8. The molecule has 3 atom stereocenters. The number of methoxy groups -OCH3 is 1. The summed E-state index contributed by atoms with van der Waals surface area (Å²) in [7, 11) is 1.63. The number of carbonyl (C=O) groups is 2. The summed E-state index contributed by atoms with van der Waals surface area (Å²) in [6, 6.07) is -0.285. The van der Waals surface area contributed by atoms with Gasteiger partial charge in [0.05, 0.1) is 6.10 Å². The van der Waals surface area contributed by atoms with Gasteiger partial charge >= 0.3 is 21.1 Å². The molecule has 6 nitrogen and oxygen atoms in total. The van der Waals surface area contributed by atoms with Gasteiger partial charge in [0.1, 0.15) is 6.04 Å². The Morgan fingerprint density at radius 3 is 2.62 bits per heavy atom. The van der Waals surface area contributed by atoms with Crippen LogP contribution < -0.4 is 5.32 Å². The number of nitrogens with one attached hydrogen (secondary N) is 1. The molecule has 24 heavy (non-hydrogen) atoms. The van der Waals surface area contributed by atoms with Gasteiger partial charge in [-0.1, -0.05) is 13.3 Å². The summed E-state index contributed by atoms with van der Waals surface area (Å²) < 4.78 is 10.2. The van der Waals surface area contributed by atoms with Crippen molar-refractivity contribution in [2.24, 2.45) is 0 Å². The van der Waals surface area contributed by atoms with Crippen LogP contribution in [0.15, 0.2) is 0 Å². The number of nitrogens with zero attached hydrogens (tertiary/aromatic N) is 1. The number of ether oxygens (including phenoxy) is 2. The molecule has 0 saturated carbocycles. The predicted octanol–water partition coefficient (Wildman–Crippen LogP) is 1.94. The quantitative estimate of drug-likeness (QED) is 0.437. The standard InChI is InChI=1S/C11H20N2O3.C5H9O.CH3.W/c1-3-9(16-2)7-12-11(15)10-5-4-6-13(10)8-14;1-5-3-2-4-6-5;;/h8-10H,3-7H2,1-2H3,(H,12,15);4-5H,2-3H2,1H3;1H3;/q;2*-1;+2. The molecule has 0 radical (unpaired) electrons. The minimum absolute atomic E-state index is 0. The van der Waals surface area contributed by atoms with E-state index in [0.717, 1.165) is 32.1 Å². The molecule has 2 saturated heterocycles. The van der Waals surface area contributed by atoms with E-state index in [2.05, 4.69) is 12.2 Å². The summed E-state index contributed by atoms with van der Waals surface area (Å²) in [5.74, 6) is -0.0694. The van der Waals surface area contributed by atoms with Crippen LogP contribution in [0.5, 0.6) is 0 Å². The van der Waals surface area contributed by atoms with Crippen molar-refractivity contribution < 1.29 is 40.1 Å². The molecule has 0 aromatic rings. The van der Waals surface area contributed by atoms with Crippen LogP contribution in [0.1, 0.15) is 46.0 Å². The van der Waals surface area contributed by atoms with Crippen LogP contribution in [0.3, 0.4) is 0 Å². The molecular weight excluding hydrogens is 480 g/mol. The Morgan fingerprint density at radius 1 is 1.50 bits per heavy atom. The average molecular weight is 512 g/mol. The van der Waals surface area contributed by atoms with Crippen LogP contribution >= 0.6 is 0 Å². The molecule has 2 fully saturated rings. The van der Waals surface area contributed by atoms with Crippen LogP contribution in [0.25, 0.3) is 0 Å². The molecule has 7 heteroatoms. The molecule has 2 aliphatic heterocycles. The van der Waals surface area contributed by atoms with Crippen molar-refractivity contribution in [3.05, 3.63) is 14.0 Å². The Kier molecular flexibility index (Phi) is 16.0. The molecule has 2 rings (SSSR count). The third-order valence-electron chi connectivity index (χ3n) is 4.04. The monoisotopic (exact) mass is 512 g/mol. The summed E-state index contributed by atoms with van der Waals surface area (Å²) in [5, 5.41) is 2.83. The van der Waals surface area contributed by atoms with Crippen LogP contribution in [-0.2, 0) is 40.1 Å². The van der Waals surface area contributed by atoms with Crippen molar-refractivity contribution in [2.45, 2.75) is 64.2 Å². The zero-order valence-corrected chi connectivity index (χ0v) is 18.3. The molecule has 2 heterocycles. The third kappa shape index (κ3) is 9.14. The Labute approximate surface area is 161 Å². The number of carbonyl (C=O) groups excluding carboxylic acids is 2. The van der Waals surface area contributed by atoms with Gasteiger partial charge in [0, 0.05) is 26.3 Å². The summed E-state index contributed by atoms with van der Waals surface area (Å²) in [4.78, 5) is 24.0. The largest absolute Gasteiger partial charge is 2.00 e. The van der Waals surface area contributed by atoms with Crippen LogP contribution in [0, 0.1) is 14.0 Å². The smallest absolute Gasteiger partial charge is 0.550 e. The predicted molar refractivity (Wildman–Crippen MR) is 90.4 cm³/mol. The van der Waals surface area contributed by atoms with Gasteiger partial charge in [-0.3, -0.25) is 9.59 Å². The minimum Gasteiger partial charge on any atom is -0.550 e. The summed E-state index contributed by atoms with van der Waals surface area (Å²) >= 11 is 0. The molecule has 0 bridgehead atoms. The Balaban J connectivity index is 0. The number of rotatable bonds is 6. The molecule has 3 unspecified atom stereocenters. The number of likely N-dealkylation sites (tertiary alicyclic amines) is 1. The van der Waals surface area contributed by atoms with Crippen molar-refractivity contribution in [3.63, 3.8) is 0 Å². The Bertz CT molecular complexity index is 335. The minimum atomic E-state index is -0.285. The fourth-order valence-corrected chi connectivity index (χ4v) is 2.53. The van der Waals surface area contributed by atoms with E-state index in [4.69, 9.17) is 9.47 Å². The maximum absolute atomic E-state index is 11.8. The van der Waals surface area contributed by atoms with Crippen molar-refractivity contribution in [3.8, 4) is 0 Å². The Morgan fingerprint density at radius 2 is 2.21 bits per heavy atom. The molecule has 1 N–H and O–H groups in total. The average Bonchev–Trinajstić information content (AvgIpc) is 3.19. The number of hydrogen-bond donors (Lipinski definition) is 1. The van der Waals surface area contributed by atoms with Crippen molar-refractivity contribution in [2.75, 3.05) is 20.2 Å². The van der Waals surface area contributed by atoms with Crippen LogP contribution in [0.4, 0.5) is 0 Å². The molecular formula is C17H32N2O4W.